The van der Waals surface area contributed by atoms with Crippen molar-refractivity contribution < 1.29 is 9.53 Å². The number of carbonyl (C=O) groups is 1. The second-order valence-corrected chi connectivity index (χ2v) is 4.40. The van der Waals surface area contributed by atoms with Gasteiger partial charge in [0.05, 0.1) is 23.6 Å². The summed E-state index contributed by atoms with van der Waals surface area (Å²) in [5.74, 6) is 0.0708. The van der Waals surface area contributed by atoms with Crippen molar-refractivity contribution in [3.63, 3.8) is 0 Å². The molecule has 0 aromatic carbocycles. The Balaban J connectivity index is 2.55. The summed E-state index contributed by atoms with van der Waals surface area (Å²) in [6, 6.07) is 0. The quantitative estimate of drug-likeness (QED) is 0.716. The SMILES string of the molecule is CCC1OCCC1C(=O)N(C)CC(N)=S. The highest BCUT2D eigenvalue weighted by Crippen LogP contribution is 2.24. The minimum atomic E-state index is -0.0191. The fourth-order valence-corrected chi connectivity index (χ4v) is 2.12. The fraction of sp³-hybridized carbons (Fsp3) is 0.800. The third kappa shape index (κ3) is 3.14. The van der Waals surface area contributed by atoms with Crippen LogP contribution in [0.2, 0.25) is 0 Å². The van der Waals surface area contributed by atoms with Gasteiger partial charge in [-0.3, -0.25) is 4.79 Å². The molecule has 86 valence electrons. The number of likely N-dealkylation sites (N-methyl/N-ethyl adjacent to an activating group) is 1. The lowest BCUT2D eigenvalue weighted by atomic mass is 9.98. The van der Waals surface area contributed by atoms with Gasteiger partial charge >= 0.3 is 0 Å². The molecule has 0 aromatic heterocycles. The lowest BCUT2D eigenvalue weighted by Gasteiger charge is -2.23. The monoisotopic (exact) mass is 230 g/mol. The zero-order valence-corrected chi connectivity index (χ0v) is 10.0. The highest BCUT2D eigenvalue weighted by molar-refractivity contribution is 7.80. The van der Waals surface area contributed by atoms with Crippen LogP contribution in [0.4, 0.5) is 0 Å². The number of hydrogen-bond donors (Lipinski definition) is 1. The molecule has 0 aromatic rings. The molecule has 1 saturated heterocycles. The topological polar surface area (TPSA) is 55.6 Å². The molecular formula is C10H18N2O2S. The summed E-state index contributed by atoms with van der Waals surface area (Å²) in [6.07, 6.45) is 1.74. The second kappa shape index (κ2) is 5.42. The number of nitrogens with two attached hydrogens (primary N) is 1. The Morgan fingerprint density at radius 2 is 2.33 bits per heavy atom. The summed E-state index contributed by atoms with van der Waals surface area (Å²) in [6.45, 7) is 3.06. The van der Waals surface area contributed by atoms with Crippen LogP contribution >= 0.6 is 12.2 Å². The van der Waals surface area contributed by atoms with Crippen molar-refractivity contribution in [3.8, 4) is 0 Å². The van der Waals surface area contributed by atoms with E-state index in [1.165, 1.54) is 0 Å². The Kier molecular flexibility index (Phi) is 4.47. The summed E-state index contributed by atoms with van der Waals surface area (Å²) in [5, 5.41) is 0. The van der Waals surface area contributed by atoms with E-state index in [-0.39, 0.29) is 17.9 Å². The van der Waals surface area contributed by atoms with E-state index in [0.717, 1.165) is 12.8 Å². The number of rotatable bonds is 4. The molecule has 2 N–H and O–H groups in total. The number of amides is 1. The standard InChI is InChI=1S/C10H18N2O2S/c1-3-8-7(4-5-14-8)10(13)12(2)6-9(11)15/h7-8H,3-6H2,1-2H3,(H2,11,15). The maximum Gasteiger partial charge on any atom is 0.228 e. The molecule has 5 heteroatoms. The van der Waals surface area contributed by atoms with Gasteiger partial charge in [-0.2, -0.15) is 0 Å². The molecule has 1 aliphatic heterocycles. The molecular weight excluding hydrogens is 212 g/mol. The average molecular weight is 230 g/mol. The molecule has 0 radical (unpaired) electrons. The van der Waals surface area contributed by atoms with Gasteiger partial charge in [0, 0.05) is 13.7 Å². The van der Waals surface area contributed by atoms with Gasteiger partial charge in [0.2, 0.25) is 5.91 Å². The first-order valence-corrected chi connectivity index (χ1v) is 5.62. The van der Waals surface area contributed by atoms with Crippen molar-refractivity contribution in [3.05, 3.63) is 0 Å². The number of nitrogens with zero attached hydrogens (tertiary/aromatic N) is 1. The Bertz CT molecular complexity index is 258. The minimum Gasteiger partial charge on any atom is -0.392 e. The zero-order valence-electron chi connectivity index (χ0n) is 9.23. The van der Waals surface area contributed by atoms with E-state index in [1.54, 1.807) is 11.9 Å². The van der Waals surface area contributed by atoms with Crippen LogP contribution in [-0.4, -0.2) is 42.1 Å². The second-order valence-electron chi connectivity index (χ2n) is 3.87. The van der Waals surface area contributed by atoms with Crippen molar-refractivity contribution in [1.29, 1.82) is 0 Å². The molecule has 1 fully saturated rings. The van der Waals surface area contributed by atoms with E-state index in [0.29, 0.717) is 18.1 Å². The van der Waals surface area contributed by atoms with Gasteiger partial charge in [-0.05, 0) is 12.8 Å². The summed E-state index contributed by atoms with van der Waals surface area (Å²) >= 11 is 4.78. The third-order valence-electron chi connectivity index (χ3n) is 2.70. The Labute approximate surface area is 95.8 Å². The van der Waals surface area contributed by atoms with Gasteiger partial charge in [-0.1, -0.05) is 19.1 Å². The molecule has 2 atom stereocenters. The average Bonchev–Trinajstić information content (AvgIpc) is 2.62. The van der Waals surface area contributed by atoms with Gasteiger partial charge in [-0.25, -0.2) is 0 Å². The first-order valence-electron chi connectivity index (χ1n) is 5.21. The number of hydrogen-bond acceptors (Lipinski definition) is 3. The smallest absolute Gasteiger partial charge is 0.228 e. The Hall–Kier alpha value is -0.680. The molecule has 0 spiro atoms. The van der Waals surface area contributed by atoms with E-state index in [2.05, 4.69) is 0 Å². The van der Waals surface area contributed by atoms with E-state index in [4.69, 9.17) is 22.7 Å². The van der Waals surface area contributed by atoms with Gasteiger partial charge in [0.1, 0.15) is 0 Å². The van der Waals surface area contributed by atoms with Gasteiger partial charge < -0.3 is 15.4 Å². The van der Waals surface area contributed by atoms with Crippen molar-refractivity contribution in [2.24, 2.45) is 11.7 Å². The molecule has 1 rings (SSSR count). The van der Waals surface area contributed by atoms with Gasteiger partial charge in [0.25, 0.3) is 0 Å². The maximum absolute atomic E-state index is 12.0. The molecule has 2 unspecified atom stereocenters. The molecule has 1 amide bonds. The van der Waals surface area contributed by atoms with Gasteiger partial charge in [-0.15, -0.1) is 0 Å². The lowest BCUT2D eigenvalue weighted by Crippen LogP contribution is -2.40. The normalized spacial score (nSPS) is 25.2. The maximum atomic E-state index is 12.0. The zero-order chi connectivity index (χ0) is 11.4. The Morgan fingerprint density at radius 1 is 1.67 bits per heavy atom. The minimum absolute atomic E-state index is 0.0191. The number of ether oxygens (including phenoxy) is 1. The predicted octanol–water partition coefficient (Wildman–Crippen LogP) is 0.546. The number of thiocarbonyl (C=S) groups is 1. The molecule has 4 nitrogen and oxygen atoms in total. The van der Waals surface area contributed by atoms with Gasteiger partial charge in [0.15, 0.2) is 0 Å². The van der Waals surface area contributed by atoms with Crippen LogP contribution in [0.3, 0.4) is 0 Å². The largest absolute Gasteiger partial charge is 0.392 e. The van der Waals surface area contributed by atoms with Crippen molar-refractivity contribution in [2.75, 3.05) is 20.2 Å². The van der Waals surface area contributed by atoms with Crippen LogP contribution < -0.4 is 5.73 Å². The lowest BCUT2D eigenvalue weighted by molar-refractivity contribution is -0.135. The van der Waals surface area contributed by atoms with Crippen LogP contribution in [0.25, 0.3) is 0 Å². The van der Waals surface area contributed by atoms with Crippen molar-refractivity contribution >= 4 is 23.1 Å². The van der Waals surface area contributed by atoms with E-state index < -0.39 is 0 Å². The molecule has 0 aliphatic carbocycles. The predicted molar refractivity (Wildman–Crippen MR) is 62.6 cm³/mol. The van der Waals surface area contributed by atoms with Crippen molar-refractivity contribution in [1.82, 2.24) is 4.90 Å². The molecule has 1 heterocycles. The van der Waals surface area contributed by atoms with Crippen LogP contribution in [0.1, 0.15) is 19.8 Å². The first-order chi connectivity index (χ1) is 7.06. The number of carbonyl (C=O) groups excluding carboxylic acids is 1. The molecule has 15 heavy (non-hydrogen) atoms. The molecule has 0 bridgehead atoms. The summed E-state index contributed by atoms with van der Waals surface area (Å²) < 4.78 is 5.48. The summed E-state index contributed by atoms with van der Waals surface area (Å²) in [7, 11) is 1.73. The fourth-order valence-electron chi connectivity index (χ4n) is 1.93. The third-order valence-corrected chi connectivity index (χ3v) is 2.83. The highest BCUT2D eigenvalue weighted by Gasteiger charge is 2.34. The van der Waals surface area contributed by atoms with E-state index in [1.807, 2.05) is 6.92 Å². The van der Waals surface area contributed by atoms with Crippen LogP contribution in [0.5, 0.6) is 0 Å². The summed E-state index contributed by atoms with van der Waals surface area (Å²) in [4.78, 5) is 13.9. The van der Waals surface area contributed by atoms with Crippen LogP contribution in [-0.2, 0) is 9.53 Å². The first kappa shape index (κ1) is 12.4. The van der Waals surface area contributed by atoms with E-state index in [9.17, 15) is 4.79 Å². The summed E-state index contributed by atoms with van der Waals surface area (Å²) in [5.41, 5.74) is 5.40. The molecule has 1 aliphatic rings. The van der Waals surface area contributed by atoms with Crippen LogP contribution in [0.15, 0.2) is 0 Å². The Morgan fingerprint density at radius 3 is 2.87 bits per heavy atom. The van der Waals surface area contributed by atoms with Crippen molar-refractivity contribution in [2.45, 2.75) is 25.9 Å². The molecule has 0 saturated carbocycles. The van der Waals surface area contributed by atoms with E-state index >= 15 is 0 Å². The highest BCUT2D eigenvalue weighted by atomic mass is 32.1. The van der Waals surface area contributed by atoms with Crippen LogP contribution in [0, 0.1) is 5.92 Å².